The Labute approximate surface area is 123 Å². The molecule has 0 radical (unpaired) electrons. The maximum absolute atomic E-state index is 11.9. The molecule has 0 aromatic heterocycles. The molecule has 17 heavy (non-hydrogen) atoms. The third-order valence-corrected chi connectivity index (χ3v) is 3.58. The van der Waals surface area contributed by atoms with Crippen LogP contribution in [-0.2, 0) is 0 Å². The Kier molecular flexibility index (Phi) is 6.26. The first-order valence-corrected chi connectivity index (χ1v) is 7.60. The van der Waals surface area contributed by atoms with Gasteiger partial charge in [0, 0.05) is 14.9 Å². The van der Waals surface area contributed by atoms with Crippen molar-refractivity contribution in [1.82, 2.24) is 5.32 Å². The quantitative estimate of drug-likeness (QED) is 0.577. The fourth-order valence-corrected chi connectivity index (χ4v) is 2.26. The first-order valence-electron chi connectivity index (χ1n) is 5.40. The van der Waals surface area contributed by atoms with E-state index in [2.05, 4.69) is 43.8 Å². The number of rotatable bonds is 5. The van der Waals surface area contributed by atoms with E-state index in [1.54, 1.807) is 18.2 Å². The van der Waals surface area contributed by atoms with Crippen LogP contribution in [0.3, 0.4) is 0 Å². The molecular weight excluding hydrogens is 397 g/mol. The normalized spacial score (nSPS) is 12.2. The number of halogens is 2. The highest BCUT2D eigenvalue weighted by molar-refractivity contribution is 14.1. The molecule has 1 unspecified atom stereocenters. The summed E-state index contributed by atoms with van der Waals surface area (Å²) in [5.41, 5.74) is 0.336. The second-order valence-corrected chi connectivity index (χ2v) is 5.91. The maximum Gasteiger partial charge on any atom is 0.255 e. The van der Waals surface area contributed by atoms with E-state index in [4.69, 9.17) is 0 Å². The third kappa shape index (κ3) is 4.83. The topological polar surface area (TPSA) is 49.3 Å². The minimum absolute atomic E-state index is 0.0237. The Hall–Kier alpha value is -0.300. The Morgan fingerprint density at radius 2 is 2.29 bits per heavy atom. The second-order valence-electron chi connectivity index (χ2n) is 3.87. The number of aromatic hydroxyl groups is 1. The summed E-state index contributed by atoms with van der Waals surface area (Å²) in [5, 5.41) is 13.4. The lowest BCUT2D eigenvalue weighted by Gasteiger charge is -2.13. The first kappa shape index (κ1) is 14.8. The zero-order chi connectivity index (χ0) is 12.8. The molecule has 0 aliphatic heterocycles. The van der Waals surface area contributed by atoms with Gasteiger partial charge in [-0.1, -0.05) is 15.9 Å². The van der Waals surface area contributed by atoms with Crippen LogP contribution in [0.5, 0.6) is 5.75 Å². The number of nitrogens with one attached hydrogen (secondary N) is 1. The van der Waals surface area contributed by atoms with Crippen LogP contribution in [0, 0.1) is 3.57 Å². The van der Waals surface area contributed by atoms with Crippen molar-refractivity contribution in [2.75, 3.05) is 5.33 Å². The fourth-order valence-electron chi connectivity index (χ4n) is 1.45. The first-order chi connectivity index (χ1) is 8.04. The summed E-state index contributed by atoms with van der Waals surface area (Å²) in [6.45, 7) is 1.96. The van der Waals surface area contributed by atoms with E-state index in [0.717, 1.165) is 21.7 Å². The maximum atomic E-state index is 11.9. The SMILES string of the molecule is CC(CCCBr)NC(=O)c1cc(I)ccc1O. The van der Waals surface area contributed by atoms with Gasteiger partial charge in [-0.3, -0.25) is 4.79 Å². The van der Waals surface area contributed by atoms with Gasteiger partial charge in [-0.2, -0.15) is 0 Å². The van der Waals surface area contributed by atoms with Gasteiger partial charge in [0.05, 0.1) is 5.56 Å². The van der Waals surface area contributed by atoms with Gasteiger partial charge < -0.3 is 10.4 Å². The van der Waals surface area contributed by atoms with Crippen molar-refractivity contribution in [3.63, 3.8) is 0 Å². The molecule has 0 saturated carbocycles. The summed E-state index contributed by atoms with van der Waals surface area (Å²) >= 11 is 5.47. The van der Waals surface area contributed by atoms with Gasteiger partial charge in [-0.15, -0.1) is 0 Å². The van der Waals surface area contributed by atoms with Crippen LogP contribution in [0.4, 0.5) is 0 Å². The highest BCUT2D eigenvalue weighted by atomic mass is 127. The number of alkyl halides is 1. The molecule has 1 aromatic rings. The van der Waals surface area contributed by atoms with E-state index in [-0.39, 0.29) is 17.7 Å². The molecule has 0 bridgehead atoms. The molecule has 1 atom stereocenters. The van der Waals surface area contributed by atoms with Crippen molar-refractivity contribution in [2.45, 2.75) is 25.8 Å². The van der Waals surface area contributed by atoms with Gasteiger partial charge in [0.25, 0.3) is 5.91 Å². The molecule has 5 heteroatoms. The average Bonchev–Trinajstić information content (AvgIpc) is 2.29. The smallest absolute Gasteiger partial charge is 0.255 e. The molecular formula is C12H15BrINO2. The Morgan fingerprint density at radius 3 is 2.94 bits per heavy atom. The molecule has 0 heterocycles. The van der Waals surface area contributed by atoms with Gasteiger partial charge in [-0.05, 0) is 60.6 Å². The zero-order valence-electron chi connectivity index (χ0n) is 9.54. The summed E-state index contributed by atoms with van der Waals surface area (Å²) in [7, 11) is 0. The second kappa shape index (κ2) is 7.20. The van der Waals surface area contributed by atoms with Gasteiger partial charge >= 0.3 is 0 Å². The number of amides is 1. The molecule has 94 valence electrons. The van der Waals surface area contributed by atoms with Gasteiger partial charge in [0.15, 0.2) is 0 Å². The standard InChI is InChI=1S/C12H15BrINO2/c1-8(3-2-6-13)15-12(17)10-7-9(14)4-5-11(10)16/h4-5,7-8,16H,2-3,6H2,1H3,(H,15,17). The van der Waals surface area contributed by atoms with Crippen molar-refractivity contribution < 1.29 is 9.90 Å². The van der Waals surface area contributed by atoms with Crippen LogP contribution in [0.25, 0.3) is 0 Å². The lowest BCUT2D eigenvalue weighted by Crippen LogP contribution is -2.32. The number of hydrogen-bond acceptors (Lipinski definition) is 2. The van der Waals surface area contributed by atoms with Gasteiger partial charge in [-0.25, -0.2) is 0 Å². The van der Waals surface area contributed by atoms with E-state index < -0.39 is 0 Å². The molecule has 0 saturated heterocycles. The van der Waals surface area contributed by atoms with Crippen LogP contribution in [0.15, 0.2) is 18.2 Å². The molecule has 3 nitrogen and oxygen atoms in total. The number of benzene rings is 1. The summed E-state index contributed by atoms with van der Waals surface area (Å²) in [4.78, 5) is 11.9. The lowest BCUT2D eigenvalue weighted by atomic mass is 10.1. The fraction of sp³-hybridized carbons (Fsp3) is 0.417. The van der Waals surface area contributed by atoms with Crippen LogP contribution in [-0.4, -0.2) is 22.4 Å². The summed E-state index contributed by atoms with van der Waals surface area (Å²) in [5.74, 6) is -0.196. The lowest BCUT2D eigenvalue weighted by molar-refractivity contribution is 0.0935. The summed E-state index contributed by atoms with van der Waals surface area (Å²) < 4.78 is 0.929. The van der Waals surface area contributed by atoms with Crippen LogP contribution < -0.4 is 5.32 Å². The van der Waals surface area contributed by atoms with Crippen molar-refractivity contribution in [2.24, 2.45) is 0 Å². The predicted octanol–water partition coefficient (Wildman–Crippen LogP) is 3.29. The van der Waals surface area contributed by atoms with Crippen molar-refractivity contribution >= 4 is 44.4 Å². The summed E-state index contributed by atoms with van der Waals surface area (Å²) in [6, 6.07) is 5.10. The highest BCUT2D eigenvalue weighted by Gasteiger charge is 2.13. The number of hydrogen-bond donors (Lipinski definition) is 2. The number of carbonyl (C=O) groups excluding carboxylic acids is 1. The van der Waals surface area contributed by atoms with E-state index in [9.17, 15) is 9.90 Å². The monoisotopic (exact) mass is 411 g/mol. The molecule has 1 aromatic carbocycles. The van der Waals surface area contributed by atoms with Crippen molar-refractivity contribution in [1.29, 1.82) is 0 Å². The minimum Gasteiger partial charge on any atom is -0.507 e. The Balaban J connectivity index is 2.66. The number of carbonyl (C=O) groups is 1. The van der Waals surface area contributed by atoms with Crippen molar-refractivity contribution in [3.8, 4) is 5.75 Å². The van der Waals surface area contributed by atoms with Crippen LogP contribution >= 0.6 is 38.5 Å². The molecule has 0 aliphatic carbocycles. The number of phenolic OH excluding ortho intramolecular Hbond substituents is 1. The molecule has 0 spiro atoms. The van der Waals surface area contributed by atoms with E-state index in [1.807, 2.05) is 6.92 Å². The Morgan fingerprint density at radius 1 is 1.59 bits per heavy atom. The zero-order valence-corrected chi connectivity index (χ0v) is 13.3. The molecule has 2 N–H and O–H groups in total. The van der Waals surface area contributed by atoms with Crippen LogP contribution in [0.1, 0.15) is 30.1 Å². The molecule has 0 aliphatic rings. The van der Waals surface area contributed by atoms with Crippen molar-refractivity contribution in [3.05, 3.63) is 27.3 Å². The van der Waals surface area contributed by atoms with E-state index >= 15 is 0 Å². The highest BCUT2D eigenvalue weighted by Crippen LogP contribution is 2.19. The average molecular weight is 412 g/mol. The van der Waals surface area contributed by atoms with Crippen LogP contribution in [0.2, 0.25) is 0 Å². The number of phenols is 1. The summed E-state index contributed by atoms with van der Waals surface area (Å²) in [6.07, 6.45) is 1.93. The van der Waals surface area contributed by atoms with Gasteiger partial charge in [0.1, 0.15) is 5.75 Å². The van der Waals surface area contributed by atoms with E-state index in [1.165, 1.54) is 0 Å². The third-order valence-electron chi connectivity index (χ3n) is 2.35. The molecule has 1 amide bonds. The molecule has 1 rings (SSSR count). The predicted molar refractivity (Wildman–Crippen MR) is 80.8 cm³/mol. The van der Waals surface area contributed by atoms with Gasteiger partial charge in [0.2, 0.25) is 0 Å². The molecule has 0 fully saturated rings. The van der Waals surface area contributed by atoms with E-state index in [0.29, 0.717) is 5.56 Å². The minimum atomic E-state index is -0.219. The Bertz CT molecular complexity index is 398. The largest absolute Gasteiger partial charge is 0.507 e.